The number of nitrogens with zero attached hydrogens (tertiary/aromatic N) is 4. The largest absolute Gasteiger partial charge is 0.497 e. The van der Waals surface area contributed by atoms with Crippen LogP contribution < -0.4 is 24.0 Å². The molecule has 9 heteroatoms. The molecule has 0 unspecified atom stereocenters. The molecule has 1 aliphatic heterocycles. The van der Waals surface area contributed by atoms with Crippen LogP contribution in [0.5, 0.6) is 23.0 Å². The fourth-order valence-corrected chi connectivity index (χ4v) is 15.7. The summed E-state index contributed by atoms with van der Waals surface area (Å²) in [5, 5.41) is 4.87. The van der Waals surface area contributed by atoms with Crippen molar-refractivity contribution in [3.05, 3.63) is 289 Å². The Morgan fingerprint density at radius 1 is 0.341 bits per heavy atom. The van der Waals surface area contributed by atoms with E-state index in [1.54, 1.807) is 37.7 Å². The summed E-state index contributed by atoms with van der Waals surface area (Å²) in [6.45, 7) is 6.17. The van der Waals surface area contributed by atoms with Crippen LogP contribution in [-0.2, 0) is 18.5 Å². The topological polar surface area (TPSA) is 44.0 Å². The molecular formula is C79H60N4O3S2. The van der Waals surface area contributed by atoms with Crippen molar-refractivity contribution >= 4 is 101 Å². The molecule has 0 bridgehead atoms. The average Bonchev–Trinajstić information content (AvgIpc) is 1.49. The lowest BCUT2D eigenvalue weighted by Crippen LogP contribution is -2.32. The van der Waals surface area contributed by atoms with E-state index in [0.717, 1.165) is 81.3 Å². The number of benzene rings is 12. The van der Waals surface area contributed by atoms with Crippen LogP contribution in [-0.4, -0.2) is 23.4 Å². The molecule has 0 atom stereocenters. The predicted octanol–water partition coefficient (Wildman–Crippen LogP) is 21.7. The van der Waals surface area contributed by atoms with Crippen molar-refractivity contribution in [2.45, 2.75) is 51.9 Å². The molecule has 1 aliphatic carbocycles. The normalized spacial score (nSPS) is 12.7. The van der Waals surface area contributed by atoms with Crippen molar-refractivity contribution in [2.75, 3.05) is 24.0 Å². The Hall–Kier alpha value is -10.1. The number of ether oxygens (including phenoxy) is 3. The second kappa shape index (κ2) is 21.7. The molecule has 2 aliphatic rings. The zero-order valence-corrected chi connectivity index (χ0v) is 50.8. The molecule has 0 fully saturated rings. The highest BCUT2D eigenvalue weighted by atomic mass is 32.2. The zero-order valence-electron chi connectivity index (χ0n) is 49.1. The van der Waals surface area contributed by atoms with Gasteiger partial charge in [0, 0.05) is 122 Å². The van der Waals surface area contributed by atoms with E-state index in [2.05, 4.69) is 300 Å². The lowest BCUT2D eigenvalue weighted by molar-refractivity contribution is 0.414. The molecule has 88 heavy (non-hydrogen) atoms. The second-order valence-corrected chi connectivity index (χ2v) is 24.7. The minimum absolute atomic E-state index is 0.798. The van der Waals surface area contributed by atoms with Gasteiger partial charge in [0.25, 0.3) is 0 Å². The first-order chi connectivity index (χ1) is 43.4. The van der Waals surface area contributed by atoms with E-state index < -0.39 is 5.41 Å². The number of para-hydroxylation sites is 2. The predicted molar refractivity (Wildman–Crippen MR) is 365 cm³/mol. The first-order valence-corrected chi connectivity index (χ1v) is 31.7. The summed E-state index contributed by atoms with van der Waals surface area (Å²) in [4.78, 5) is 9.66. The molecule has 1 spiro atoms. The maximum absolute atomic E-state index is 6.98. The van der Waals surface area contributed by atoms with Gasteiger partial charge in [-0.15, -0.1) is 0 Å². The number of fused-ring (bicyclic) bond motifs is 15. The molecule has 0 N–H and O–H groups in total. The summed E-state index contributed by atoms with van der Waals surface area (Å²) < 4.78 is 23.4. The fourth-order valence-electron chi connectivity index (χ4n) is 14.0. The highest BCUT2D eigenvalue weighted by Crippen LogP contribution is 2.64. The molecule has 426 valence electrons. The Morgan fingerprint density at radius 2 is 0.693 bits per heavy atom. The minimum atomic E-state index is -0.810. The quantitative estimate of drug-likeness (QED) is 0.107. The van der Waals surface area contributed by atoms with Gasteiger partial charge in [-0.1, -0.05) is 108 Å². The van der Waals surface area contributed by atoms with E-state index in [-0.39, 0.29) is 0 Å². The van der Waals surface area contributed by atoms with Crippen LogP contribution >= 0.6 is 23.5 Å². The van der Waals surface area contributed by atoms with Crippen molar-refractivity contribution in [2.24, 2.45) is 0 Å². The summed E-state index contributed by atoms with van der Waals surface area (Å²) in [7, 11) is 3.45. The molecule has 12 aromatic carbocycles. The first-order valence-electron chi connectivity index (χ1n) is 30.0. The van der Waals surface area contributed by atoms with Gasteiger partial charge >= 0.3 is 0 Å². The van der Waals surface area contributed by atoms with E-state index in [9.17, 15) is 0 Å². The highest BCUT2D eigenvalue weighted by Gasteiger charge is 2.51. The highest BCUT2D eigenvalue weighted by molar-refractivity contribution is 7.99. The van der Waals surface area contributed by atoms with Gasteiger partial charge in [0.2, 0.25) is 0 Å². The zero-order chi connectivity index (χ0) is 59.0. The molecule has 2 aromatic heterocycles. The molecule has 7 nitrogen and oxygen atoms in total. The van der Waals surface area contributed by atoms with E-state index >= 15 is 0 Å². The van der Waals surface area contributed by atoms with Gasteiger partial charge in [0.1, 0.15) is 23.0 Å². The summed E-state index contributed by atoms with van der Waals surface area (Å²) in [5.41, 5.74) is 17.1. The van der Waals surface area contributed by atoms with E-state index in [1.807, 2.05) is 0 Å². The Morgan fingerprint density at radius 3 is 1.10 bits per heavy atom. The first kappa shape index (κ1) is 53.4. The van der Waals surface area contributed by atoms with Crippen molar-refractivity contribution in [1.29, 1.82) is 0 Å². The molecule has 14 aromatic rings. The number of aryl methyl sites for hydroxylation is 2. The molecule has 3 heterocycles. The van der Waals surface area contributed by atoms with Gasteiger partial charge in [0.05, 0.1) is 19.6 Å². The summed E-state index contributed by atoms with van der Waals surface area (Å²) >= 11 is 3.59. The fraction of sp³-hybridized carbons (Fsp3) is 0.0886. The monoisotopic (exact) mass is 1180 g/mol. The lowest BCUT2D eigenvalue weighted by Gasteiger charge is -2.40. The third-order valence-electron chi connectivity index (χ3n) is 17.8. The Balaban J connectivity index is 0.899. The third-order valence-corrected chi connectivity index (χ3v) is 19.8. The number of hydrogen-bond acceptors (Lipinski definition) is 7. The van der Waals surface area contributed by atoms with E-state index in [4.69, 9.17) is 14.2 Å². The maximum atomic E-state index is 6.98. The molecule has 0 radical (unpaired) electrons. The van der Waals surface area contributed by atoms with Crippen molar-refractivity contribution in [3.8, 4) is 34.1 Å². The van der Waals surface area contributed by atoms with E-state index in [1.165, 1.54) is 85.4 Å². The SMILES string of the molecule is CCn1c2ccc(Sc3ccccc3)cc2c2cc(N(c3ccc(OC)cc3)c3ccc4c(c3)C3(c5ccccc5Oc5ccccc53)c3cc(N(c5ccc(OC)cc5)c5ccc6c(c5)c5cc(Sc7ccccc7)ccc5n6CC)ccc3-4)ccc21. The molecule has 0 amide bonds. The van der Waals surface area contributed by atoms with Crippen molar-refractivity contribution < 1.29 is 14.2 Å². The summed E-state index contributed by atoms with van der Waals surface area (Å²) in [6, 6.07) is 97.5. The van der Waals surface area contributed by atoms with Crippen molar-refractivity contribution in [1.82, 2.24) is 9.13 Å². The Bertz CT molecular complexity index is 4700. The maximum Gasteiger partial charge on any atom is 0.132 e. The van der Waals surface area contributed by atoms with Crippen LogP contribution in [0.1, 0.15) is 36.1 Å². The average molecular weight is 1180 g/mol. The van der Waals surface area contributed by atoms with Crippen LogP contribution in [0.3, 0.4) is 0 Å². The third kappa shape index (κ3) is 8.66. The summed E-state index contributed by atoms with van der Waals surface area (Å²) in [5.74, 6) is 3.26. The smallest absolute Gasteiger partial charge is 0.132 e. The van der Waals surface area contributed by atoms with Crippen LogP contribution in [0.4, 0.5) is 34.1 Å². The van der Waals surface area contributed by atoms with Crippen molar-refractivity contribution in [3.63, 3.8) is 0 Å². The summed E-state index contributed by atoms with van der Waals surface area (Å²) in [6.07, 6.45) is 0. The second-order valence-electron chi connectivity index (χ2n) is 22.5. The van der Waals surface area contributed by atoms with Gasteiger partial charge in [-0.3, -0.25) is 0 Å². The van der Waals surface area contributed by atoms with Gasteiger partial charge in [-0.05, 0) is 218 Å². The Kier molecular flexibility index (Phi) is 13.2. The van der Waals surface area contributed by atoms with Gasteiger partial charge < -0.3 is 33.1 Å². The van der Waals surface area contributed by atoms with Crippen LogP contribution in [0.25, 0.3) is 54.7 Å². The molecule has 0 saturated carbocycles. The standard InChI is InChI=1S/C79H60N4O3S2/c1-5-80-73-41-31-53(45-65(73)67-49-61(37-43-75(67)80)87-59-17-9-7-10-18-59)82(51-25-33-57(84-3)34-26-51)55-29-39-63-64-40-30-56(48-72(64)79(71(63)47-55)69-21-13-15-23-77(69)86-78-24-16-14-22-70(78)79)83(52-27-35-58(85-4)36-28-52)54-32-42-74-66(46-54)68-50-62(38-44-76(68)81(74)6-2)88-60-19-11-8-12-20-60/h7-50H,5-6H2,1-4H3. The Labute approximate surface area is 520 Å². The molecule has 0 saturated heterocycles. The van der Waals surface area contributed by atoms with Gasteiger partial charge in [0.15, 0.2) is 0 Å². The number of hydrogen-bond donors (Lipinski definition) is 0. The molecule has 16 rings (SSSR count). The number of methoxy groups -OCH3 is 2. The van der Waals surface area contributed by atoms with Gasteiger partial charge in [-0.25, -0.2) is 0 Å². The number of anilines is 6. The number of rotatable bonds is 14. The van der Waals surface area contributed by atoms with Crippen LogP contribution in [0.2, 0.25) is 0 Å². The van der Waals surface area contributed by atoms with Crippen LogP contribution in [0.15, 0.2) is 287 Å². The minimum Gasteiger partial charge on any atom is -0.497 e. The number of aromatic nitrogens is 2. The lowest BCUT2D eigenvalue weighted by atomic mass is 9.66. The van der Waals surface area contributed by atoms with E-state index in [0.29, 0.717) is 0 Å². The van der Waals surface area contributed by atoms with Crippen LogP contribution in [0, 0.1) is 0 Å². The van der Waals surface area contributed by atoms with Gasteiger partial charge in [-0.2, -0.15) is 0 Å². The molecular weight excluding hydrogens is 1120 g/mol.